The third-order valence-corrected chi connectivity index (χ3v) is 2.65. The number of amides is 1. The number of nitrogens with one attached hydrogen (secondary N) is 3. The van der Waals surface area contributed by atoms with Gasteiger partial charge in [0.1, 0.15) is 5.82 Å². The zero-order chi connectivity index (χ0) is 12.8. The van der Waals surface area contributed by atoms with E-state index in [0.717, 1.165) is 13.2 Å². The number of carbonyl (C=O) groups excluding carboxylic acids is 1. The first kappa shape index (κ1) is 12.7. The van der Waals surface area contributed by atoms with Gasteiger partial charge in [0.2, 0.25) is 0 Å². The number of anilines is 1. The summed E-state index contributed by atoms with van der Waals surface area (Å²) in [6, 6.07) is 3.65. The molecule has 0 bridgehead atoms. The summed E-state index contributed by atoms with van der Waals surface area (Å²) < 4.78 is 5.34. The second-order valence-corrected chi connectivity index (χ2v) is 3.99. The summed E-state index contributed by atoms with van der Waals surface area (Å²) in [5.41, 5.74) is 0.308. The SMILES string of the molecule is CNC(=O)c1ccc(NCC2COCCN2)nn1. The molecule has 1 fully saturated rings. The van der Waals surface area contributed by atoms with Crippen molar-refractivity contribution in [1.82, 2.24) is 20.8 Å². The van der Waals surface area contributed by atoms with E-state index in [1.54, 1.807) is 19.2 Å². The fourth-order valence-corrected chi connectivity index (χ4v) is 1.65. The van der Waals surface area contributed by atoms with Crippen molar-refractivity contribution in [2.24, 2.45) is 0 Å². The Balaban J connectivity index is 1.84. The molecule has 18 heavy (non-hydrogen) atoms. The van der Waals surface area contributed by atoms with Gasteiger partial charge in [-0.05, 0) is 12.1 Å². The summed E-state index contributed by atoms with van der Waals surface area (Å²) in [4.78, 5) is 11.3. The Labute approximate surface area is 105 Å². The summed E-state index contributed by atoms with van der Waals surface area (Å²) in [5.74, 6) is 0.409. The van der Waals surface area contributed by atoms with Crippen molar-refractivity contribution in [2.45, 2.75) is 6.04 Å². The zero-order valence-corrected chi connectivity index (χ0v) is 10.3. The van der Waals surface area contributed by atoms with Gasteiger partial charge in [0.15, 0.2) is 5.69 Å². The predicted molar refractivity (Wildman–Crippen MR) is 66.5 cm³/mol. The molecule has 0 saturated carbocycles. The maximum absolute atomic E-state index is 11.3. The summed E-state index contributed by atoms with van der Waals surface area (Å²) in [6.07, 6.45) is 0. The zero-order valence-electron chi connectivity index (χ0n) is 10.3. The highest BCUT2D eigenvalue weighted by Gasteiger charge is 2.12. The maximum Gasteiger partial charge on any atom is 0.271 e. The van der Waals surface area contributed by atoms with Gasteiger partial charge >= 0.3 is 0 Å². The molecule has 0 radical (unpaired) electrons. The average molecular weight is 251 g/mol. The van der Waals surface area contributed by atoms with E-state index in [0.29, 0.717) is 24.7 Å². The highest BCUT2D eigenvalue weighted by Crippen LogP contribution is 2.03. The Morgan fingerprint density at radius 3 is 3.06 bits per heavy atom. The van der Waals surface area contributed by atoms with Crippen molar-refractivity contribution in [1.29, 1.82) is 0 Å². The smallest absolute Gasteiger partial charge is 0.271 e. The molecule has 3 N–H and O–H groups in total. The van der Waals surface area contributed by atoms with Crippen LogP contribution < -0.4 is 16.0 Å². The monoisotopic (exact) mass is 251 g/mol. The largest absolute Gasteiger partial charge is 0.378 e. The van der Waals surface area contributed by atoms with Gasteiger partial charge in [-0.1, -0.05) is 0 Å². The van der Waals surface area contributed by atoms with E-state index >= 15 is 0 Å². The van der Waals surface area contributed by atoms with Crippen molar-refractivity contribution in [2.75, 3.05) is 38.7 Å². The van der Waals surface area contributed by atoms with Crippen LogP contribution in [0.15, 0.2) is 12.1 Å². The van der Waals surface area contributed by atoms with E-state index in [1.165, 1.54) is 0 Å². The number of nitrogens with zero attached hydrogens (tertiary/aromatic N) is 2. The summed E-state index contributed by atoms with van der Waals surface area (Å²) in [7, 11) is 1.56. The fraction of sp³-hybridized carbons (Fsp3) is 0.545. The third-order valence-electron chi connectivity index (χ3n) is 2.65. The lowest BCUT2D eigenvalue weighted by atomic mass is 10.3. The first-order chi connectivity index (χ1) is 8.79. The minimum absolute atomic E-state index is 0.239. The van der Waals surface area contributed by atoms with Crippen molar-refractivity contribution in [3.8, 4) is 0 Å². The fourth-order valence-electron chi connectivity index (χ4n) is 1.65. The summed E-state index contributed by atoms with van der Waals surface area (Å²) in [5, 5.41) is 16.8. The first-order valence-corrected chi connectivity index (χ1v) is 5.90. The van der Waals surface area contributed by atoms with Gasteiger partial charge in [0.05, 0.1) is 13.2 Å². The minimum atomic E-state index is -0.239. The molecule has 1 aliphatic heterocycles. The quantitative estimate of drug-likeness (QED) is 0.651. The van der Waals surface area contributed by atoms with Crippen molar-refractivity contribution in [3.63, 3.8) is 0 Å². The maximum atomic E-state index is 11.3. The molecule has 1 atom stereocenters. The lowest BCUT2D eigenvalue weighted by molar-refractivity contribution is 0.0806. The molecular weight excluding hydrogens is 234 g/mol. The van der Waals surface area contributed by atoms with Crippen LogP contribution in [0.1, 0.15) is 10.5 Å². The molecule has 1 amide bonds. The number of morpholine rings is 1. The minimum Gasteiger partial charge on any atom is -0.378 e. The number of ether oxygens (including phenoxy) is 1. The van der Waals surface area contributed by atoms with Crippen LogP contribution in [0.2, 0.25) is 0 Å². The molecule has 1 aliphatic rings. The molecule has 1 aromatic heterocycles. The molecule has 0 aliphatic carbocycles. The molecule has 2 rings (SSSR count). The Bertz CT molecular complexity index is 389. The molecule has 0 spiro atoms. The van der Waals surface area contributed by atoms with Crippen LogP contribution in [0.5, 0.6) is 0 Å². The summed E-state index contributed by atoms with van der Waals surface area (Å²) in [6.45, 7) is 3.04. The van der Waals surface area contributed by atoms with Crippen LogP contribution in [0.25, 0.3) is 0 Å². The van der Waals surface area contributed by atoms with E-state index in [4.69, 9.17) is 4.74 Å². The molecule has 2 heterocycles. The number of rotatable bonds is 4. The van der Waals surface area contributed by atoms with E-state index in [2.05, 4.69) is 26.1 Å². The van der Waals surface area contributed by atoms with Gasteiger partial charge in [-0.15, -0.1) is 10.2 Å². The van der Waals surface area contributed by atoms with Crippen LogP contribution in [0, 0.1) is 0 Å². The number of hydrogen-bond donors (Lipinski definition) is 3. The topological polar surface area (TPSA) is 88.2 Å². The Morgan fingerprint density at radius 2 is 2.44 bits per heavy atom. The second kappa shape index (κ2) is 6.27. The van der Waals surface area contributed by atoms with Crippen LogP contribution in [-0.2, 0) is 4.74 Å². The van der Waals surface area contributed by atoms with Crippen molar-refractivity contribution >= 4 is 11.7 Å². The Morgan fingerprint density at radius 1 is 1.56 bits per heavy atom. The predicted octanol–water partition coefficient (Wildman–Crippen LogP) is -0.763. The standard InChI is InChI=1S/C11H17N5O2/c1-12-11(17)9-2-3-10(16-15-9)14-6-8-7-18-5-4-13-8/h2-3,8,13H,4-7H2,1H3,(H,12,17)(H,14,16). The molecule has 1 unspecified atom stereocenters. The highest BCUT2D eigenvalue weighted by atomic mass is 16.5. The van der Waals surface area contributed by atoms with Gasteiger partial charge in [0, 0.05) is 26.2 Å². The molecular formula is C11H17N5O2. The molecule has 7 nitrogen and oxygen atoms in total. The van der Waals surface area contributed by atoms with Gasteiger partial charge in [-0.25, -0.2) is 0 Å². The Hall–Kier alpha value is -1.73. The summed E-state index contributed by atoms with van der Waals surface area (Å²) >= 11 is 0. The van der Waals surface area contributed by atoms with E-state index in [-0.39, 0.29) is 11.9 Å². The second-order valence-electron chi connectivity index (χ2n) is 3.99. The molecule has 1 aromatic rings. The first-order valence-electron chi connectivity index (χ1n) is 5.90. The molecule has 7 heteroatoms. The van der Waals surface area contributed by atoms with Gasteiger partial charge in [-0.3, -0.25) is 4.79 Å². The number of carbonyl (C=O) groups is 1. The third kappa shape index (κ3) is 3.38. The number of aromatic nitrogens is 2. The average Bonchev–Trinajstić information content (AvgIpc) is 2.46. The van der Waals surface area contributed by atoms with Gasteiger partial charge < -0.3 is 20.7 Å². The lowest BCUT2D eigenvalue weighted by Crippen LogP contribution is -2.45. The van der Waals surface area contributed by atoms with Crippen LogP contribution in [0.4, 0.5) is 5.82 Å². The highest BCUT2D eigenvalue weighted by molar-refractivity contribution is 5.91. The molecule has 1 saturated heterocycles. The van der Waals surface area contributed by atoms with Crippen molar-refractivity contribution in [3.05, 3.63) is 17.8 Å². The van der Waals surface area contributed by atoms with Crippen LogP contribution in [-0.4, -0.2) is 55.5 Å². The normalized spacial score (nSPS) is 19.3. The van der Waals surface area contributed by atoms with Crippen LogP contribution >= 0.6 is 0 Å². The molecule has 0 aromatic carbocycles. The van der Waals surface area contributed by atoms with Gasteiger partial charge in [0.25, 0.3) is 5.91 Å². The lowest BCUT2D eigenvalue weighted by Gasteiger charge is -2.23. The number of hydrogen-bond acceptors (Lipinski definition) is 6. The van der Waals surface area contributed by atoms with Crippen molar-refractivity contribution < 1.29 is 9.53 Å². The van der Waals surface area contributed by atoms with E-state index in [9.17, 15) is 4.79 Å². The van der Waals surface area contributed by atoms with Crippen LogP contribution in [0.3, 0.4) is 0 Å². The Kier molecular flexibility index (Phi) is 4.43. The van der Waals surface area contributed by atoms with E-state index in [1.807, 2.05) is 0 Å². The van der Waals surface area contributed by atoms with E-state index < -0.39 is 0 Å². The molecule has 98 valence electrons. The van der Waals surface area contributed by atoms with Gasteiger partial charge in [-0.2, -0.15) is 0 Å².